The molecule has 1 amide bonds. The van der Waals surface area contributed by atoms with Gasteiger partial charge in [-0.1, -0.05) is 25.5 Å². The van der Waals surface area contributed by atoms with Crippen LogP contribution in [0, 0.1) is 0 Å². The van der Waals surface area contributed by atoms with Crippen molar-refractivity contribution in [2.24, 2.45) is 0 Å². The van der Waals surface area contributed by atoms with Crippen molar-refractivity contribution < 1.29 is 14.6 Å². The third-order valence-corrected chi connectivity index (χ3v) is 2.65. The molecule has 100 valence electrons. The highest BCUT2D eigenvalue weighted by Crippen LogP contribution is 2.11. The number of phenolic OH excluding ortho intramolecular Hbond substituents is 1. The molecule has 18 heavy (non-hydrogen) atoms. The molecule has 0 radical (unpaired) electrons. The van der Waals surface area contributed by atoms with Crippen LogP contribution in [0.25, 0.3) is 0 Å². The Morgan fingerprint density at radius 1 is 1.50 bits per heavy atom. The van der Waals surface area contributed by atoms with Gasteiger partial charge in [-0.3, -0.25) is 4.79 Å². The molecule has 0 aliphatic heterocycles. The van der Waals surface area contributed by atoms with E-state index in [1.807, 2.05) is 6.07 Å². The minimum Gasteiger partial charge on any atom is -0.508 e. The number of amides is 1. The van der Waals surface area contributed by atoms with Crippen molar-refractivity contribution >= 4 is 5.91 Å². The maximum Gasteiger partial charge on any atom is 0.224 e. The Bertz CT molecular complexity index is 373. The van der Waals surface area contributed by atoms with Gasteiger partial charge < -0.3 is 15.2 Å². The van der Waals surface area contributed by atoms with Crippen molar-refractivity contribution in [2.45, 2.75) is 32.2 Å². The molecule has 0 heterocycles. The normalized spacial score (nSPS) is 12.1. The zero-order valence-electron chi connectivity index (χ0n) is 11.0. The van der Waals surface area contributed by atoms with Gasteiger partial charge in [0, 0.05) is 7.11 Å². The summed E-state index contributed by atoms with van der Waals surface area (Å²) in [5.74, 6) is 0.137. The number of aromatic hydroxyl groups is 1. The second-order valence-corrected chi connectivity index (χ2v) is 4.36. The van der Waals surface area contributed by atoms with Crippen LogP contribution in [0.3, 0.4) is 0 Å². The molecule has 4 nitrogen and oxygen atoms in total. The quantitative estimate of drug-likeness (QED) is 0.777. The maximum absolute atomic E-state index is 11.8. The molecule has 0 aromatic heterocycles. The van der Waals surface area contributed by atoms with Crippen LogP contribution in [-0.2, 0) is 16.0 Å². The summed E-state index contributed by atoms with van der Waals surface area (Å²) >= 11 is 0. The Labute approximate surface area is 108 Å². The van der Waals surface area contributed by atoms with Gasteiger partial charge in [0.2, 0.25) is 5.91 Å². The lowest BCUT2D eigenvalue weighted by Crippen LogP contribution is -2.38. The average Bonchev–Trinajstić information content (AvgIpc) is 2.29. The van der Waals surface area contributed by atoms with E-state index in [1.54, 1.807) is 25.3 Å². The lowest BCUT2D eigenvalue weighted by atomic mass is 10.1. The van der Waals surface area contributed by atoms with Crippen LogP contribution in [0.2, 0.25) is 0 Å². The fraction of sp³-hybridized carbons (Fsp3) is 0.500. The summed E-state index contributed by atoms with van der Waals surface area (Å²) in [5.41, 5.74) is 0.806. The number of methoxy groups -OCH3 is 1. The van der Waals surface area contributed by atoms with Crippen LogP contribution in [0.15, 0.2) is 24.3 Å². The van der Waals surface area contributed by atoms with Gasteiger partial charge in [0.05, 0.1) is 19.1 Å². The molecule has 0 aliphatic rings. The molecule has 1 aromatic rings. The van der Waals surface area contributed by atoms with E-state index in [1.165, 1.54) is 0 Å². The van der Waals surface area contributed by atoms with Gasteiger partial charge in [0.1, 0.15) is 5.75 Å². The molecular formula is C14H21NO3. The molecule has 1 aromatic carbocycles. The minimum atomic E-state index is -0.0453. The fourth-order valence-corrected chi connectivity index (χ4v) is 1.88. The third-order valence-electron chi connectivity index (χ3n) is 2.65. The first-order valence-electron chi connectivity index (χ1n) is 6.22. The Morgan fingerprint density at radius 3 is 2.89 bits per heavy atom. The highest BCUT2D eigenvalue weighted by molar-refractivity contribution is 5.78. The SMILES string of the molecule is CCCC(COC)NC(=O)Cc1cccc(O)c1. The molecule has 2 N–H and O–H groups in total. The van der Waals surface area contributed by atoms with E-state index < -0.39 is 0 Å². The summed E-state index contributed by atoms with van der Waals surface area (Å²) in [4.78, 5) is 11.8. The lowest BCUT2D eigenvalue weighted by molar-refractivity contribution is -0.121. The number of carbonyl (C=O) groups is 1. The summed E-state index contributed by atoms with van der Waals surface area (Å²) in [6, 6.07) is 6.81. The van der Waals surface area contributed by atoms with Crippen molar-refractivity contribution in [3.05, 3.63) is 29.8 Å². The van der Waals surface area contributed by atoms with Crippen LogP contribution < -0.4 is 5.32 Å². The van der Waals surface area contributed by atoms with Crippen molar-refractivity contribution in [3.63, 3.8) is 0 Å². The topological polar surface area (TPSA) is 58.6 Å². The second kappa shape index (κ2) is 7.71. The fourth-order valence-electron chi connectivity index (χ4n) is 1.88. The highest BCUT2D eigenvalue weighted by atomic mass is 16.5. The van der Waals surface area contributed by atoms with Gasteiger partial charge in [-0.2, -0.15) is 0 Å². The number of nitrogens with one attached hydrogen (secondary N) is 1. The molecule has 0 saturated carbocycles. The molecule has 0 bridgehead atoms. The Kier molecular flexibility index (Phi) is 6.22. The molecule has 0 fully saturated rings. The molecular weight excluding hydrogens is 230 g/mol. The molecule has 0 saturated heterocycles. The van der Waals surface area contributed by atoms with Crippen LogP contribution in [0.5, 0.6) is 5.75 Å². The second-order valence-electron chi connectivity index (χ2n) is 4.36. The van der Waals surface area contributed by atoms with Crippen molar-refractivity contribution in [2.75, 3.05) is 13.7 Å². The van der Waals surface area contributed by atoms with E-state index >= 15 is 0 Å². The van der Waals surface area contributed by atoms with Gasteiger partial charge in [0.15, 0.2) is 0 Å². The number of ether oxygens (including phenoxy) is 1. The van der Waals surface area contributed by atoms with E-state index in [2.05, 4.69) is 12.2 Å². The third kappa shape index (κ3) is 5.19. The zero-order valence-corrected chi connectivity index (χ0v) is 11.0. The highest BCUT2D eigenvalue weighted by Gasteiger charge is 2.11. The molecule has 1 unspecified atom stereocenters. The van der Waals surface area contributed by atoms with Gasteiger partial charge in [-0.05, 0) is 24.1 Å². The van der Waals surface area contributed by atoms with Crippen molar-refractivity contribution in [3.8, 4) is 5.75 Å². The Hall–Kier alpha value is -1.55. The summed E-state index contributed by atoms with van der Waals surface area (Å²) < 4.78 is 5.07. The molecule has 1 rings (SSSR count). The van der Waals surface area contributed by atoms with E-state index in [4.69, 9.17) is 4.74 Å². The average molecular weight is 251 g/mol. The van der Waals surface area contributed by atoms with Gasteiger partial charge in [-0.15, -0.1) is 0 Å². The molecule has 0 spiro atoms. The van der Waals surface area contributed by atoms with Crippen molar-refractivity contribution in [1.82, 2.24) is 5.32 Å². The summed E-state index contributed by atoms with van der Waals surface area (Å²) in [5, 5.41) is 12.3. The number of carbonyl (C=O) groups excluding carboxylic acids is 1. The number of hydrogen-bond donors (Lipinski definition) is 2. The van der Waals surface area contributed by atoms with Crippen LogP contribution in [0.4, 0.5) is 0 Å². The smallest absolute Gasteiger partial charge is 0.224 e. The first-order valence-corrected chi connectivity index (χ1v) is 6.22. The molecule has 0 aliphatic carbocycles. The monoisotopic (exact) mass is 251 g/mol. The zero-order chi connectivity index (χ0) is 13.4. The van der Waals surface area contributed by atoms with Gasteiger partial charge in [0.25, 0.3) is 0 Å². The summed E-state index contributed by atoms with van der Waals surface area (Å²) in [6.07, 6.45) is 2.18. The minimum absolute atomic E-state index is 0.0453. The van der Waals surface area contributed by atoms with Gasteiger partial charge >= 0.3 is 0 Å². The number of benzene rings is 1. The first kappa shape index (κ1) is 14.5. The Balaban J connectivity index is 2.49. The largest absolute Gasteiger partial charge is 0.508 e. The van der Waals surface area contributed by atoms with E-state index in [0.717, 1.165) is 18.4 Å². The first-order chi connectivity index (χ1) is 8.65. The summed E-state index contributed by atoms with van der Waals surface area (Å²) in [6.45, 7) is 2.60. The standard InChI is InChI=1S/C14H21NO3/c1-3-5-12(10-18-2)15-14(17)9-11-6-4-7-13(16)8-11/h4,6-8,12,16H,3,5,9-10H2,1-2H3,(H,15,17). The number of phenols is 1. The summed E-state index contributed by atoms with van der Waals surface area (Å²) in [7, 11) is 1.63. The van der Waals surface area contributed by atoms with E-state index in [0.29, 0.717) is 6.61 Å². The number of rotatable bonds is 7. The maximum atomic E-state index is 11.8. The van der Waals surface area contributed by atoms with Crippen LogP contribution >= 0.6 is 0 Å². The molecule has 4 heteroatoms. The predicted molar refractivity (Wildman–Crippen MR) is 70.5 cm³/mol. The van der Waals surface area contributed by atoms with E-state index in [-0.39, 0.29) is 24.1 Å². The number of hydrogen-bond acceptors (Lipinski definition) is 3. The van der Waals surface area contributed by atoms with Crippen LogP contribution in [-0.4, -0.2) is 30.8 Å². The van der Waals surface area contributed by atoms with Crippen LogP contribution in [0.1, 0.15) is 25.3 Å². The lowest BCUT2D eigenvalue weighted by Gasteiger charge is -2.17. The van der Waals surface area contributed by atoms with Gasteiger partial charge in [-0.25, -0.2) is 0 Å². The van der Waals surface area contributed by atoms with Crippen molar-refractivity contribution in [1.29, 1.82) is 0 Å². The molecule has 1 atom stereocenters. The Morgan fingerprint density at radius 2 is 2.28 bits per heavy atom. The predicted octanol–water partition coefficient (Wildman–Crippen LogP) is 1.87. The van der Waals surface area contributed by atoms with E-state index in [9.17, 15) is 9.90 Å².